The molecule has 0 aliphatic rings. The standard InChI is InChI=1S/C32H36FN3OS/c1-24(2)17-19-34-32(37)30-23-38-31(35-30)22-36(21-25-13-15-28(33)16-14-25)20-18-29(26-9-5-3-6-10-26)27-11-7-4-8-12-27/h3-16,23-24,29H,17-22H2,1-2H3,(H,34,37). The van der Waals surface area contributed by atoms with Crippen molar-refractivity contribution in [1.29, 1.82) is 0 Å². The van der Waals surface area contributed by atoms with Crippen LogP contribution in [0.25, 0.3) is 0 Å². The second kappa shape index (κ2) is 14.0. The van der Waals surface area contributed by atoms with E-state index in [9.17, 15) is 9.18 Å². The van der Waals surface area contributed by atoms with Gasteiger partial charge in [-0.25, -0.2) is 9.37 Å². The molecule has 0 saturated carbocycles. The Bertz CT molecular complexity index is 1220. The molecular weight excluding hydrogens is 493 g/mol. The summed E-state index contributed by atoms with van der Waals surface area (Å²) in [6, 6.07) is 27.9. The van der Waals surface area contributed by atoms with Gasteiger partial charge in [-0.1, -0.05) is 86.6 Å². The van der Waals surface area contributed by atoms with Crippen molar-refractivity contribution in [2.24, 2.45) is 5.92 Å². The number of halogens is 1. The fourth-order valence-electron chi connectivity index (χ4n) is 4.51. The topological polar surface area (TPSA) is 45.2 Å². The number of carbonyl (C=O) groups excluding carboxylic acids is 1. The van der Waals surface area contributed by atoms with E-state index < -0.39 is 0 Å². The molecule has 6 heteroatoms. The summed E-state index contributed by atoms with van der Waals surface area (Å²) in [4.78, 5) is 19.6. The average Bonchev–Trinajstić information content (AvgIpc) is 3.39. The third-order valence-corrected chi connectivity index (χ3v) is 7.44. The molecule has 0 saturated heterocycles. The molecule has 0 atom stereocenters. The van der Waals surface area contributed by atoms with E-state index in [1.54, 1.807) is 0 Å². The van der Waals surface area contributed by atoms with Gasteiger partial charge in [0.25, 0.3) is 5.91 Å². The second-order valence-electron chi connectivity index (χ2n) is 10.1. The molecule has 38 heavy (non-hydrogen) atoms. The molecule has 3 aromatic carbocycles. The zero-order chi connectivity index (χ0) is 26.7. The quantitative estimate of drug-likeness (QED) is 0.198. The van der Waals surface area contributed by atoms with Crippen LogP contribution in [-0.4, -0.2) is 28.9 Å². The van der Waals surface area contributed by atoms with Gasteiger partial charge in [0, 0.05) is 24.4 Å². The van der Waals surface area contributed by atoms with E-state index >= 15 is 0 Å². The van der Waals surface area contributed by atoms with Gasteiger partial charge in [0.2, 0.25) is 0 Å². The first kappa shape index (κ1) is 27.7. The fourth-order valence-corrected chi connectivity index (χ4v) is 5.33. The summed E-state index contributed by atoms with van der Waals surface area (Å²) in [7, 11) is 0. The summed E-state index contributed by atoms with van der Waals surface area (Å²) in [5.74, 6) is 0.441. The molecule has 4 nitrogen and oxygen atoms in total. The smallest absolute Gasteiger partial charge is 0.270 e. The van der Waals surface area contributed by atoms with Gasteiger partial charge in [0.1, 0.15) is 16.5 Å². The van der Waals surface area contributed by atoms with Crippen LogP contribution >= 0.6 is 11.3 Å². The van der Waals surface area contributed by atoms with E-state index in [4.69, 9.17) is 0 Å². The summed E-state index contributed by atoms with van der Waals surface area (Å²) < 4.78 is 13.6. The summed E-state index contributed by atoms with van der Waals surface area (Å²) in [6.45, 7) is 7.05. The van der Waals surface area contributed by atoms with E-state index in [0.717, 1.165) is 30.0 Å². The Balaban J connectivity index is 1.49. The van der Waals surface area contributed by atoms with E-state index in [1.807, 2.05) is 29.6 Å². The highest BCUT2D eigenvalue weighted by Gasteiger charge is 2.18. The van der Waals surface area contributed by atoms with Crippen LogP contribution < -0.4 is 5.32 Å². The molecule has 198 valence electrons. The molecule has 0 spiro atoms. The van der Waals surface area contributed by atoms with E-state index in [1.165, 1.54) is 34.6 Å². The van der Waals surface area contributed by atoms with Gasteiger partial charge in [-0.2, -0.15) is 0 Å². The Labute approximate surface area is 229 Å². The van der Waals surface area contributed by atoms with Gasteiger partial charge >= 0.3 is 0 Å². The number of nitrogens with one attached hydrogen (secondary N) is 1. The van der Waals surface area contributed by atoms with Crippen LogP contribution in [0.5, 0.6) is 0 Å². The summed E-state index contributed by atoms with van der Waals surface area (Å²) in [6.07, 6.45) is 1.86. The number of rotatable bonds is 13. The molecule has 4 aromatic rings. The first-order valence-electron chi connectivity index (χ1n) is 13.3. The van der Waals surface area contributed by atoms with Crippen molar-refractivity contribution in [3.05, 3.63) is 124 Å². The lowest BCUT2D eigenvalue weighted by molar-refractivity contribution is 0.0947. The van der Waals surface area contributed by atoms with Crippen molar-refractivity contribution in [2.75, 3.05) is 13.1 Å². The number of thiazole rings is 1. The largest absolute Gasteiger partial charge is 0.351 e. The van der Waals surface area contributed by atoms with Gasteiger partial charge in [-0.3, -0.25) is 9.69 Å². The predicted molar refractivity (Wildman–Crippen MR) is 154 cm³/mol. The van der Waals surface area contributed by atoms with Crippen molar-refractivity contribution in [2.45, 2.75) is 45.7 Å². The number of carbonyl (C=O) groups is 1. The Kier molecular flexibility index (Phi) is 10.2. The molecule has 0 aliphatic carbocycles. The molecule has 1 heterocycles. The molecule has 0 fully saturated rings. The Morgan fingerprint density at radius 3 is 2.13 bits per heavy atom. The Morgan fingerprint density at radius 1 is 0.895 bits per heavy atom. The molecule has 0 unspecified atom stereocenters. The van der Waals surface area contributed by atoms with Gasteiger partial charge in [0.05, 0.1) is 6.54 Å². The number of nitrogens with zero attached hydrogens (tertiary/aromatic N) is 2. The normalized spacial score (nSPS) is 11.4. The van der Waals surface area contributed by atoms with Gasteiger partial charge < -0.3 is 5.32 Å². The molecule has 1 aromatic heterocycles. The third kappa shape index (κ3) is 8.33. The first-order chi connectivity index (χ1) is 18.5. The first-order valence-corrected chi connectivity index (χ1v) is 14.1. The highest BCUT2D eigenvalue weighted by atomic mass is 32.1. The maximum atomic E-state index is 13.6. The molecule has 1 N–H and O–H groups in total. The summed E-state index contributed by atoms with van der Waals surface area (Å²) >= 11 is 1.51. The van der Waals surface area contributed by atoms with Crippen LogP contribution in [-0.2, 0) is 13.1 Å². The van der Waals surface area contributed by atoms with Crippen LogP contribution in [0.1, 0.15) is 64.8 Å². The molecular formula is C32H36FN3OS. The maximum absolute atomic E-state index is 13.6. The third-order valence-electron chi connectivity index (χ3n) is 6.61. The molecule has 0 bridgehead atoms. The van der Waals surface area contributed by atoms with Gasteiger partial charge in [0.15, 0.2) is 0 Å². The summed E-state index contributed by atoms with van der Waals surface area (Å²) in [5.41, 5.74) is 4.09. The molecule has 0 aliphatic heterocycles. The van der Waals surface area contributed by atoms with Crippen LogP contribution in [0, 0.1) is 11.7 Å². The number of aromatic nitrogens is 1. The van der Waals surface area contributed by atoms with E-state index in [0.29, 0.717) is 31.2 Å². The van der Waals surface area contributed by atoms with Crippen LogP contribution in [0.15, 0.2) is 90.3 Å². The lowest BCUT2D eigenvalue weighted by Crippen LogP contribution is -2.27. The minimum Gasteiger partial charge on any atom is -0.351 e. The number of hydrogen-bond donors (Lipinski definition) is 1. The monoisotopic (exact) mass is 529 g/mol. The van der Waals surface area contributed by atoms with Crippen molar-refractivity contribution in [1.82, 2.24) is 15.2 Å². The molecule has 0 radical (unpaired) electrons. The second-order valence-corrected chi connectivity index (χ2v) is 11.0. The minimum absolute atomic E-state index is 0.119. The average molecular weight is 530 g/mol. The fraction of sp³-hybridized carbons (Fsp3) is 0.312. The minimum atomic E-state index is -0.235. The zero-order valence-corrected chi connectivity index (χ0v) is 23.0. The van der Waals surface area contributed by atoms with E-state index in [2.05, 4.69) is 77.6 Å². The van der Waals surface area contributed by atoms with Crippen molar-refractivity contribution < 1.29 is 9.18 Å². The molecule has 4 rings (SSSR count). The SMILES string of the molecule is CC(C)CCNC(=O)c1csc(CN(CCC(c2ccccc2)c2ccccc2)Cc2ccc(F)cc2)n1. The Morgan fingerprint density at radius 2 is 1.53 bits per heavy atom. The van der Waals surface area contributed by atoms with Gasteiger partial charge in [-0.15, -0.1) is 11.3 Å². The van der Waals surface area contributed by atoms with Crippen molar-refractivity contribution in [3.8, 4) is 0 Å². The Hall–Kier alpha value is -3.35. The zero-order valence-electron chi connectivity index (χ0n) is 22.1. The predicted octanol–water partition coefficient (Wildman–Crippen LogP) is 7.28. The summed E-state index contributed by atoms with van der Waals surface area (Å²) in [5, 5.41) is 5.71. The lowest BCUT2D eigenvalue weighted by Gasteiger charge is -2.25. The highest BCUT2D eigenvalue weighted by molar-refractivity contribution is 7.09. The highest BCUT2D eigenvalue weighted by Crippen LogP contribution is 2.29. The van der Waals surface area contributed by atoms with Crippen LogP contribution in [0.4, 0.5) is 4.39 Å². The van der Waals surface area contributed by atoms with E-state index in [-0.39, 0.29) is 17.6 Å². The van der Waals surface area contributed by atoms with Gasteiger partial charge in [-0.05, 0) is 54.1 Å². The van der Waals surface area contributed by atoms with Crippen molar-refractivity contribution >= 4 is 17.2 Å². The molecule has 1 amide bonds. The number of benzene rings is 3. The van der Waals surface area contributed by atoms with Crippen molar-refractivity contribution in [3.63, 3.8) is 0 Å². The maximum Gasteiger partial charge on any atom is 0.270 e. The van der Waals surface area contributed by atoms with Crippen LogP contribution in [0.3, 0.4) is 0 Å². The number of hydrogen-bond acceptors (Lipinski definition) is 4. The lowest BCUT2D eigenvalue weighted by atomic mass is 9.88. The number of amides is 1. The van der Waals surface area contributed by atoms with Crippen LogP contribution in [0.2, 0.25) is 0 Å².